The Labute approximate surface area is 114 Å². The molecule has 2 rings (SSSR count). The highest BCUT2D eigenvalue weighted by atomic mass is 19.4. The van der Waals surface area contributed by atoms with Crippen LogP contribution in [0.2, 0.25) is 0 Å². The third-order valence-electron chi connectivity index (χ3n) is 3.25. The van der Waals surface area contributed by atoms with Crippen LogP contribution in [0, 0.1) is 0 Å². The highest BCUT2D eigenvalue weighted by molar-refractivity contribution is 5.94. The SMILES string of the molecule is O=C(NCC1(O)CCNC1)c1cccc(C(F)(F)F)c1. The van der Waals surface area contributed by atoms with Crippen LogP contribution < -0.4 is 10.6 Å². The minimum Gasteiger partial charge on any atom is -0.387 e. The number of alkyl halides is 3. The van der Waals surface area contributed by atoms with Gasteiger partial charge in [-0.25, -0.2) is 0 Å². The molecule has 1 amide bonds. The molecule has 0 aromatic heterocycles. The fourth-order valence-corrected chi connectivity index (χ4v) is 2.07. The molecule has 1 atom stereocenters. The van der Waals surface area contributed by atoms with E-state index < -0.39 is 23.2 Å². The number of amides is 1. The fourth-order valence-electron chi connectivity index (χ4n) is 2.07. The number of benzene rings is 1. The van der Waals surface area contributed by atoms with Crippen molar-refractivity contribution in [2.75, 3.05) is 19.6 Å². The van der Waals surface area contributed by atoms with E-state index in [2.05, 4.69) is 10.6 Å². The summed E-state index contributed by atoms with van der Waals surface area (Å²) in [6.45, 7) is 1.01. The van der Waals surface area contributed by atoms with Crippen LogP contribution in [0.15, 0.2) is 24.3 Å². The number of aliphatic hydroxyl groups is 1. The van der Waals surface area contributed by atoms with Crippen LogP contribution in [0.1, 0.15) is 22.3 Å². The molecule has 0 bridgehead atoms. The van der Waals surface area contributed by atoms with Crippen molar-refractivity contribution in [2.45, 2.75) is 18.2 Å². The Hall–Kier alpha value is -1.60. The molecule has 7 heteroatoms. The molecule has 1 aliphatic heterocycles. The third-order valence-corrected chi connectivity index (χ3v) is 3.25. The van der Waals surface area contributed by atoms with Gasteiger partial charge in [0.05, 0.1) is 11.2 Å². The Balaban J connectivity index is 2.02. The van der Waals surface area contributed by atoms with Gasteiger partial charge in [-0.15, -0.1) is 0 Å². The lowest BCUT2D eigenvalue weighted by atomic mass is 10.0. The van der Waals surface area contributed by atoms with Crippen molar-refractivity contribution < 1.29 is 23.1 Å². The van der Waals surface area contributed by atoms with Gasteiger partial charge >= 0.3 is 6.18 Å². The van der Waals surface area contributed by atoms with Crippen LogP contribution in [-0.4, -0.2) is 36.2 Å². The summed E-state index contributed by atoms with van der Waals surface area (Å²) in [5, 5.41) is 15.4. The van der Waals surface area contributed by atoms with Crippen LogP contribution in [0.25, 0.3) is 0 Å². The second-order valence-corrected chi connectivity index (χ2v) is 4.91. The van der Waals surface area contributed by atoms with Gasteiger partial charge in [-0.2, -0.15) is 13.2 Å². The van der Waals surface area contributed by atoms with Crippen molar-refractivity contribution in [1.82, 2.24) is 10.6 Å². The van der Waals surface area contributed by atoms with Gasteiger partial charge in [-0.3, -0.25) is 4.79 Å². The molecule has 0 saturated carbocycles. The van der Waals surface area contributed by atoms with E-state index in [-0.39, 0.29) is 12.1 Å². The number of rotatable bonds is 3. The van der Waals surface area contributed by atoms with Gasteiger partial charge < -0.3 is 15.7 Å². The van der Waals surface area contributed by atoms with Crippen LogP contribution >= 0.6 is 0 Å². The summed E-state index contributed by atoms with van der Waals surface area (Å²) in [6.07, 6.45) is -3.99. The smallest absolute Gasteiger partial charge is 0.387 e. The van der Waals surface area contributed by atoms with Gasteiger partial charge in [0.1, 0.15) is 0 Å². The molecule has 110 valence electrons. The lowest BCUT2D eigenvalue weighted by Gasteiger charge is -2.21. The van der Waals surface area contributed by atoms with E-state index in [1.165, 1.54) is 12.1 Å². The van der Waals surface area contributed by atoms with Gasteiger partial charge in [0.2, 0.25) is 0 Å². The summed E-state index contributed by atoms with van der Waals surface area (Å²) in [4.78, 5) is 11.8. The zero-order valence-corrected chi connectivity index (χ0v) is 10.6. The van der Waals surface area contributed by atoms with Crippen molar-refractivity contribution in [2.24, 2.45) is 0 Å². The first-order valence-electron chi connectivity index (χ1n) is 6.19. The topological polar surface area (TPSA) is 61.4 Å². The number of β-amino-alcohol motifs (C(OH)–C–C–N with tert-alkyl or cyclic N) is 1. The van der Waals surface area contributed by atoms with Crippen LogP contribution in [0.3, 0.4) is 0 Å². The Morgan fingerprint density at radius 1 is 1.45 bits per heavy atom. The van der Waals surface area contributed by atoms with E-state index >= 15 is 0 Å². The number of hydrogen-bond acceptors (Lipinski definition) is 3. The quantitative estimate of drug-likeness (QED) is 0.782. The van der Waals surface area contributed by atoms with Crippen LogP contribution in [0.4, 0.5) is 13.2 Å². The Morgan fingerprint density at radius 2 is 2.20 bits per heavy atom. The van der Waals surface area contributed by atoms with Crippen molar-refractivity contribution >= 4 is 5.91 Å². The molecule has 20 heavy (non-hydrogen) atoms. The zero-order valence-electron chi connectivity index (χ0n) is 10.6. The summed E-state index contributed by atoms with van der Waals surface area (Å²) >= 11 is 0. The number of halogens is 3. The summed E-state index contributed by atoms with van der Waals surface area (Å²) in [5.41, 5.74) is -1.97. The Kier molecular flexibility index (Phi) is 4.01. The zero-order chi connectivity index (χ0) is 14.8. The Bertz CT molecular complexity index is 497. The van der Waals surface area contributed by atoms with Crippen molar-refractivity contribution in [3.63, 3.8) is 0 Å². The van der Waals surface area contributed by atoms with E-state index in [0.29, 0.717) is 19.5 Å². The number of hydrogen-bond donors (Lipinski definition) is 3. The predicted molar refractivity (Wildman–Crippen MR) is 66.2 cm³/mol. The highest BCUT2D eigenvalue weighted by Crippen LogP contribution is 2.29. The molecule has 1 heterocycles. The fraction of sp³-hybridized carbons (Fsp3) is 0.462. The van der Waals surface area contributed by atoms with E-state index in [0.717, 1.165) is 12.1 Å². The van der Waals surface area contributed by atoms with E-state index in [1.54, 1.807) is 0 Å². The van der Waals surface area contributed by atoms with Gasteiger partial charge in [0.15, 0.2) is 0 Å². The number of nitrogens with one attached hydrogen (secondary N) is 2. The van der Waals surface area contributed by atoms with Crippen molar-refractivity contribution in [3.8, 4) is 0 Å². The second-order valence-electron chi connectivity index (χ2n) is 4.91. The molecular formula is C13H15F3N2O2. The first-order valence-corrected chi connectivity index (χ1v) is 6.19. The molecule has 3 N–H and O–H groups in total. The predicted octanol–water partition coefficient (Wildman–Crippen LogP) is 1.16. The number of carbonyl (C=O) groups is 1. The molecule has 0 spiro atoms. The maximum Gasteiger partial charge on any atom is 0.416 e. The molecule has 0 aliphatic carbocycles. The molecule has 0 radical (unpaired) electrons. The minimum absolute atomic E-state index is 0.00901. The van der Waals surface area contributed by atoms with Gasteiger partial charge in [0, 0.05) is 18.7 Å². The largest absolute Gasteiger partial charge is 0.416 e. The average Bonchev–Trinajstić information content (AvgIpc) is 2.83. The van der Waals surface area contributed by atoms with E-state index in [1.807, 2.05) is 0 Å². The van der Waals surface area contributed by atoms with Gasteiger partial charge in [-0.1, -0.05) is 6.07 Å². The van der Waals surface area contributed by atoms with Crippen molar-refractivity contribution in [3.05, 3.63) is 35.4 Å². The first-order chi connectivity index (χ1) is 9.30. The molecule has 1 aliphatic rings. The lowest BCUT2D eigenvalue weighted by molar-refractivity contribution is -0.137. The first kappa shape index (κ1) is 14.8. The maximum atomic E-state index is 12.5. The van der Waals surface area contributed by atoms with Gasteiger partial charge in [0.25, 0.3) is 5.91 Å². The summed E-state index contributed by atoms with van der Waals surface area (Å²) in [5.74, 6) is -0.628. The lowest BCUT2D eigenvalue weighted by Crippen LogP contribution is -2.44. The van der Waals surface area contributed by atoms with Gasteiger partial charge in [-0.05, 0) is 31.2 Å². The molecular weight excluding hydrogens is 273 g/mol. The normalized spacial score (nSPS) is 22.8. The monoisotopic (exact) mass is 288 g/mol. The standard InChI is InChI=1S/C13H15F3N2O2/c14-13(15,16)10-3-1-2-9(6-10)11(19)18-8-12(20)4-5-17-7-12/h1-3,6,17,20H,4-5,7-8H2,(H,18,19). The second kappa shape index (κ2) is 5.41. The average molecular weight is 288 g/mol. The molecule has 1 unspecified atom stereocenters. The Morgan fingerprint density at radius 3 is 2.80 bits per heavy atom. The summed E-state index contributed by atoms with van der Waals surface area (Å²) in [6, 6.07) is 4.20. The van der Waals surface area contributed by atoms with Crippen LogP contribution in [0.5, 0.6) is 0 Å². The highest BCUT2D eigenvalue weighted by Gasteiger charge is 2.32. The minimum atomic E-state index is -4.48. The van der Waals surface area contributed by atoms with E-state index in [4.69, 9.17) is 0 Å². The van der Waals surface area contributed by atoms with Crippen molar-refractivity contribution in [1.29, 1.82) is 0 Å². The third kappa shape index (κ3) is 3.49. The van der Waals surface area contributed by atoms with E-state index in [9.17, 15) is 23.1 Å². The number of carbonyl (C=O) groups excluding carboxylic acids is 1. The molecule has 1 saturated heterocycles. The summed E-state index contributed by atoms with van der Waals surface area (Å²) in [7, 11) is 0. The summed E-state index contributed by atoms with van der Waals surface area (Å²) < 4.78 is 37.6. The maximum absolute atomic E-state index is 12.5. The molecule has 1 aromatic carbocycles. The molecule has 1 aromatic rings. The van der Waals surface area contributed by atoms with Crippen LogP contribution in [-0.2, 0) is 6.18 Å². The molecule has 1 fully saturated rings. The molecule has 4 nitrogen and oxygen atoms in total.